The maximum Gasteiger partial charge on any atom is 0.112 e. The number of aliphatic hydroxyl groups is 1. The Labute approximate surface area is 130 Å². The van der Waals surface area contributed by atoms with E-state index >= 15 is 0 Å². The van der Waals surface area contributed by atoms with Gasteiger partial charge in [-0.05, 0) is 42.7 Å². The minimum absolute atomic E-state index is 0.104. The number of rotatable bonds is 4. The highest BCUT2D eigenvalue weighted by molar-refractivity contribution is 5.41. The fraction of sp³-hybridized carbons (Fsp3) is 0.222. The lowest BCUT2D eigenvalue weighted by Crippen LogP contribution is -2.05. The van der Waals surface area contributed by atoms with Crippen molar-refractivity contribution in [2.45, 2.75) is 26.9 Å². The number of aryl methyl sites for hydroxylation is 2. The molecule has 2 aromatic carbocycles. The molecule has 0 spiro atoms. The van der Waals surface area contributed by atoms with Gasteiger partial charge in [-0.25, -0.2) is 4.68 Å². The molecule has 1 heterocycles. The molecule has 22 heavy (non-hydrogen) atoms. The van der Waals surface area contributed by atoms with Crippen LogP contribution in [0, 0.1) is 13.8 Å². The standard InChI is InChI=1S/C18H19N3O/c1-13-8-9-16(10-14(13)2)21-18(17(12-22)19-20-21)11-15-6-4-3-5-7-15/h3-10,22H,11-12H2,1-2H3. The van der Waals surface area contributed by atoms with E-state index in [0.717, 1.165) is 11.4 Å². The van der Waals surface area contributed by atoms with Gasteiger partial charge in [0.1, 0.15) is 5.69 Å². The van der Waals surface area contributed by atoms with Gasteiger partial charge in [-0.3, -0.25) is 0 Å². The van der Waals surface area contributed by atoms with E-state index < -0.39 is 0 Å². The van der Waals surface area contributed by atoms with Gasteiger partial charge in [-0.1, -0.05) is 41.6 Å². The molecular formula is C18H19N3O. The predicted octanol–water partition coefficient (Wildman–Crippen LogP) is 2.97. The number of nitrogens with zero attached hydrogens (tertiary/aromatic N) is 3. The van der Waals surface area contributed by atoms with Gasteiger partial charge in [-0.15, -0.1) is 5.10 Å². The zero-order chi connectivity index (χ0) is 15.5. The molecule has 3 rings (SSSR count). The summed E-state index contributed by atoms with van der Waals surface area (Å²) in [7, 11) is 0. The maximum absolute atomic E-state index is 9.54. The highest BCUT2D eigenvalue weighted by Gasteiger charge is 2.14. The lowest BCUT2D eigenvalue weighted by atomic mass is 10.1. The first-order valence-corrected chi connectivity index (χ1v) is 7.35. The Balaban J connectivity index is 2.05. The average molecular weight is 293 g/mol. The van der Waals surface area contributed by atoms with E-state index in [1.54, 1.807) is 0 Å². The SMILES string of the molecule is Cc1ccc(-n2nnc(CO)c2Cc2ccccc2)cc1C. The van der Waals surface area contributed by atoms with Crippen LogP contribution in [0.25, 0.3) is 5.69 Å². The van der Waals surface area contributed by atoms with Gasteiger partial charge in [-0.2, -0.15) is 0 Å². The molecule has 0 unspecified atom stereocenters. The Bertz CT molecular complexity index is 778. The molecule has 1 N–H and O–H groups in total. The molecule has 4 nitrogen and oxygen atoms in total. The van der Waals surface area contributed by atoms with Crippen molar-refractivity contribution in [2.24, 2.45) is 0 Å². The molecule has 0 aliphatic carbocycles. The predicted molar refractivity (Wildman–Crippen MR) is 86.0 cm³/mol. The minimum Gasteiger partial charge on any atom is -0.390 e. The van der Waals surface area contributed by atoms with E-state index in [9.17, 15) is 5.11 Å². The summed E-state index contributed by atoms with van der Waals surface area (Å²) in [5, 5.41) is 17.9. The van der Waals surface area contributed by atoms with Crippen molar-refractivity contribution in [3.05, 3.63) is 76.6 Å². The zero-order valence-corrected chi connectivity index (χ0v) is 12.8. The quantitative estimate of drug-likeness (QED) is 0.804. The summed E-state index contributed by atoms with van der Waals surface area (Å²) in [5.74, 6) is 0. The van der Waals surface area contributed by atoms with Crippen molar-refractivity contribution in [2.75, 3.05) is 0 Å². The number of aliphatic hydroxyl groups excluding tert-OH is 1. The van der Waals surface area contributed by atoms with Crippen LogP contribution < -0.4 is 0 Å². The van der Waals surface area contributed by atoms with E-state index in [4.69, 9.17) is 0 Å². The molecule has 0 fully saturated rings. The molecule has 0 saturated heterocycles. The van der Waals surface area contributed by atoms with Crippen LogP contribution in [0.3, 0.4) is 0 Å². The molecule has 1 aromatic heterocycles. The van der Waals surface area contributed by atoms with Gasteiger partial charge >= 0.3 is 0 Å². The Hall–Kier alpha value is -2.46. The molecule has 0 saturated carbocycles. The van der Waals surface area contributed by atoms with Crippen molar-refractivity contribution in [1.82, 2.24) is 15.0 Å². The smallest absolute Gasteiger partial charge is 0.112 e. The van der Waals surface area contributed by atoms with Crippen molar-refractivity contribution in [3.8, 4) is 5.69 Å². The normalized spacial score (nSPS) is 10.9. The largest absolute Gasteiger partial charge is 0.390 e. The van der Waals surface area contributed by atoms with Gasteiger partial charge in [0.25, 0.3) is 0 Å². The number of hydrogen-bond acceptors (Lipinski definition) is 3. The molecule has 112 valence electrons. The molecule has 3 aromatic rings. The molecule has 0 radical (unpaired) electrons. The van der Waals surface area contributed by atoms with Gasteiger partial charge in [0, 0.05) is 6.42 Å². The Morgan fingerprint density at radius 1 is 1.00 bits per heavy atom. The van der Waals surface area contributed by atoms with Crippen molar-refractivity contribution >= 4 is 0 Å². The highest BCUT2D eigenvalue weighted by atomic mass is 16.3. The lowest BCUT2D eigenvalue weighted by molar-refractivity contribution is 0.275. The minimum atomic E-state index is -0.104. The Morgan fingerprint density at radius 2 is 1.77 bits per heavy atom. The van der Waals surface area contributed by atoms with E-state index in [1.807, 2.05) is 28.9 Å². The summed E-state index contributed by atoms with van der Waals surface area (Å²) < 4.78 is 1.82. The van der Waals surface area contributed by atoms with Gasteiger partial charge in [0.2, 0.25) is 0 Å². The molecule has 0 atom stereocenters. The second-order valence-corrected chi connectivity index (χ2v) is 5.48. The third kappa shape index (κ3) is 2.78. The number of benzene rings is 2. The third-order valence-electron chi connectivity index (χ3n) is 3.94. The monoisotopic (exact) mass is 293 g/mol. The summed E-state index contributed by atoms with van der Waals surface area (Å²) in [6.45, 7) is 4.07. The highest BCUT2D eigenvalue weighted by Crippen LogP contribution is 2.19. The van der Waals surface area contributed by atoms with Crippen LogP contribution in [-0.4, -0.2) is 20.1 Å². The molecule has 0 aliphatic rings. The third-order valence-corrected chi connectivity index (χ3v) is 3.94. The summed E-state index contributed by atoms with van der Waals surface area (Å²) in [6.07, 6.45) is 0.691. The molecule has 4 heteroatoms. The molecule has 0 bridgehead atoms. The second-order valence-electron chi connectivity index (χ2n) is 5.48. The first kappa shape index (κ1) is 14.5. The number of aromatic nitrogens is 3. The fourth-order valence-corrected chi connectivity index (χ4v) is 2.49. The second kappa shape index (κ2) is 6.12. The van der Waals surface area contributed by atoms with Crippen molar-refractivity contribution in [1.29, 1.82) is 0 Å². The number of hydrogen-bond donors (Lipinski definition) is 1. The van der Waals surface area contributed by atoms with Crippen LogP contribution in [0.2, 0.25) is 0 Å². The van der Waals surface area contributed by atoms with E-state index in [-0.39, 0.29) is 6.61 Å². The topological polar surface area (TPSA) is 50.9 Å². The van der Waals surface area contributed by atoms with Crippen LogP contribution >= 0.6 is 0 Å². The first-order valence-electron chi connectivity index (χ1n) is 7.35. The van der Waals surface area contributed by atoms with Gasteiger partial charge in [0.15, 0.2) is 0 Å². The Kier molecular flexibility index (Phi) is 4.02. The summed E-state index contributed by atoms with van der Waals surface area (Å²) in [4.78, 5) is 0. The maximum atomic E-state index is 9.54. The van der Waals surface area contributed by atoms with Gasteiger partial charge < -0.3 is 5.11 Å². The van der Waals surface area contributed by atoms with Crippen LogP contribution in [0.5, 0.6) is 0 Å². The molecular weight excluding hydrogens is 274 g/mol. The van der Waals surface area contributed by atoms with Gasteiger partial charge in [0.05, 0.1) is 18.0 Å². The van der Waals surface area contributed by atoms with Crippen LogP contribution in [-0.2, 0) is 13.0 Å². The van der Waals surface area contributed by atoms with Crippen molar-refractivity contribution in [3.63, 3.8) is 0 Å². The summed E-state index contributed by atoms with van der Waals surface area (Å²) in [5.41, 5.74) is 6.16. The van der Waals surface area contributed by atoms with Crippen molar-refractivity contribution < 1.29 is 5.11 Å². The molecule has 0 aliphatic heterocycles. The van der Waals surface area contributed by atoms with Crippen LogP contribution in [0.4, 0.5) is 0 Å². The zero-order valence-electron chi connectivity index (χ0n) is 12.8. The van der Waals surface area contributed by atoms with E-state index in [0.29, 0.717) is 12.1 Å². The average Bonchev–Trinajstić information content (AvgIpc) is 2.94. The molecule has 0 amide bonds. The lowest BCUT2D eigenvalue weighted by Gasteiger charge is -2.10. The Morgan fingerprint density at radius 3 is 2.45 bits per heavy atom. The van der Waals surface area contributed by atoms with Crippen LogP contribution in [0.1, 0.15) is 28.1 Å². The first-order chi connectivity index (χ1) is 10.7. The fourth-order valence-electron chi connectivity index (χ4n) is 2.49. The summed E-state index contributed by atoms with van der Waals surface area (Å²) in [6, 6.07) is 16.4. The van der Waals surface area contributed by atoms with Crippen LogP contribution in [0.15, 0.2) is 48.5 Å². The van der Waals surface area contributed by atoms with E-state index in [1.165, 1.54) is 16.7 Å². The van der Waals surface area contributed by atoms with E-state index in [2.05, 4.69) is 48.4 Å². The summed E-state index contributed by atoms with van der Waals surface area (Å²) >= 11 is 0.